The van der Waals surface area contributed by atoms with Crippen molar-refractivity contribution in [2.75, 3.05) is 30.3 Å². The number of anilines is 2. The van der Waals surface area contributed by atoms with E-state index in [0.717, 1.165) is 25.2 Å². The van der Waals surface area contributed by atoms with Gasteiger partial charge in [0.2, 0.25) is 0 Å². The molecular weight excluding hydrogens is 370 g/mol. The van der Waals surface area contributed by atoms with Gasteiger partial charge in [-0.2, -0.15) is 0 Å². The second-order valence-corrected chi connectivity index (χ2v) is 8.71. The predicted molar refractivity (Wildman–Crippen MR) is 122 cm³/mol. The first-order chi connectivity index (χ1) is 14.8. The summed E-state index contributed by atoms with van der Waals surface area (Å²) in [6.07, 6.45) is 1.15. The average molecular weight is 398 g/mol. The van der Waals surface area contributed by atoms with Crippen LogP contribution in [0.1, 0.15) is 35.1 Å². The molecule has 0 radical (unpaired) electrons. The molecule has 3 N–H and O–H groups in total. The molecule has 0 bridgehead atoms. The molecule has 3 heterocycles. The highest BCUT2D eigenvalue weighted by atomic mass is 16.5. The highest BCUT2D eigenvalue weighted by molar-refractivity contribution is 5.73. The summed E-state index contributed by atoms with van der Waals surface area (Å²) in [6, 6.07) is 24.6. The van der Waals surface area contributed by atoms with E-state index >= 15 is 0 Å². The highest BCUT2D eigenvalue weighted by Gasteiger charge is 2.45. The molecule has 3 aromatic rings. The number of piperidine rings is 1. The zero-order valence-electron chi connectivity index (χ0n) is 17.1. The lowest BCUT2D eigenvalue weighted by Crippen LogP contribution is -2.46. The van der Waals surface area contributed by atoms with Crippen LogP contribution in [-0.2, 0) is 11.3 Å². The van der Waals surface area contributed by atoms with Crippen molar-refractivity contribution in [2.24, 2.45) is 0 Å². The molecule has 0 aromatic heterocycles. The first-order valence-electron chi connectivity index (χ1n) is 10.9. The lowest BCUT2D eigenvalue weighted by molar-refractivity contribution is 0.109. The summed E-state index contributed by atoms with van der Waals surface area (Å²) < 4.78 is 6.21. The van der Waals surface area contributed by atoms with Crippen molar-refractivity contribution in [2.45, 2.75) is 31.0 Å². The van der Waals surface area contributed by atoms with Gasteiger partial charge in [0.05, 0.1) is 19.3 Å². The molecule has 30 heavy (non-hydrogen) atoms. The van der Waals surface area contributed by atoms with Gasteiger partial charge in [0.1, 0.15) is 0 Å². The molecule has 6 rings (SSSR count). The van der Waals surface area contributed by atoms with Crippen LogP contribution >= 0.6 is 0 Å². The van der Waals surface area contributed by atoms with Crippen LogP contribution in [0.2, 0.25) is 0 Å². The van der Waals surface area contributed by atoms with Gasteiger partial charge in [-0.3, -0.25) is 0 Å². The van der Waals surface area contributed by atoms with Crippen LogP contribution in [-0.4, -0.2) is 25.7 Å². The molecule has 0 aliphatic carbocycles. The third-order valence-electron chi connectivity index (χ3n) is 6.95. The fourth-order valence-corrected chi connectivity index (χ4v) is 5.67. The van der Waals surface area contributed by atoms with Crippen molar-refractivity contribution >= 4 is 11.4 Å². The van der Waals surface area contributed by atoms with Gasteiger partial charge in [-0.05, 0) is 53.4 Å². The van der Waals surface area contributed by atoms with Gasteiger partial charge in [0, 0.05) is 35.4 Å². The van der Waals surface area contributed by atoms with Crippen molar-refractivity contribution < 1.29 is 4.74 Å². The molecule has 1 saturated heterocycles. The number of nitrogens with one attached hydrogen (secondary N) is 1. The van der Waals surface area contributed by atoms with Gasteiger partial charge >= 0.3 is 0 Å². The van der Waals surface area contributed by atoms with E-state index in [2.05, 4.69) is 76.9 Å². The number of nitrogens with two attached hydrogens (primary N) is 1. The van der Waals surface area contributed by atoms with E-state index in [-0.39, 0.29) is 6.04 Å². The molecule has 0 saturated carbocycles. The number of benzene rings is 3. The normalized spacial score (nSPS) is 24.8. The van der Waals surface area contributed by atoms with Crippen molar-refractivity contribution in [3.05, 3.63) is 83.4 Å². The molecule has 152 valence electrons. The van der Waals surface area contributed by atoms with E-state index in [0.29, 0.717) is 25.2 Å². The van der Waals surface area contributed by atoms with Crippen LogP contribution in [0, 0.1) is 0 Å². The highest BCUT2D eigenvalue weighted by Crippen LogP contribution is 2.51. The molecular formula is C26H27N3O. The Morgan fingerprint density at radius 1 is 0.967 bits per heavy atom. The summed E-state index contributed by atoms with van der Waals surface area (Å²) in [7, 11) is 0. The van der Waals surface area contributed by atoms with Crippen LogP contribution < -0.4 is 16.0 Å². The van der Waals surface area contributed by atoms with Crippen LogP contribution in [0.15, 0.2) is 66.7 Å². The summed E-state index contributed by atoms with van der Waals surface area (Å²) in [4.78, 5) is 2.67. The summed E-state index contributed by atoms with van der Waals surface area (Å²) in [5.41, 5.74) is 15.0. The number of rotatable bonds is 2. The Kier molecular flexibility index (Phi) is 4.29. The summed E-state index contributed by atoms with van der Waals surface area (Å²) in [5, 5.41) is 3.60. The third kappa shape index (κ3) is 2.83. The van der Waals surface area contributed by atoms with Gasteiger partial charge in [-0.25, -0.2) is 0 Å². The first-order valence-corrected chi connectivity index (χ1v) is 10.9. The van der Waals surface area contributed by atoms with Crippen LogP contribution in [0.3, 0.4) is 0 Å². The van der Waals surface area contributed by atoms with E-state index in [9.17, 15) is 0 Å². The van der Waals surface area contributed by atoms with Gasteiger partial charge in [0.15, 0.2) is 0 Å². The Bertz CT molecular complexity index is 1080. The summed E-state index contributed by atoms with van der Waals surface area (Å²) in [6.45, 7) is 3.41. The molecule has 3 aliphatic rings. The number of hydrogen-bond donors (Lipinski definition) is 2. The number of hydrogen-bond acceptors (Lipinski definition) is 4. The maximum atomic E-state index is 6.29. The van der Waals surface area contributed by atoms with E-state index in [1.165, 1.54) is 33.5 Å². The second kappa shape index (κ2) is 7.15. The van der Waals surface area contributed by atoms with Gasteiger partial charge < -0.3 is 20.7 Å². The van der Waals surface area contributed by atoms with Crippen LogP contribution in [0.4, 0.5) is 11.4 Å². The average Bonchev–Trinajstić information content (AvgIpc) is 2.98. The summed E-state index contributed by atoms with van der Waals surface area (Å²) in [5.74, 6) is 0.494. The smallest absolute Gasteiger partial charge is 0.0780 e. The van der Waals surface area contributed by atoms with E-state index < -0.39 is 0 Å². The Morgan fingerprint density at radius 3 is 2.73 bits per heavy atom. The minimum atomic E-state index is 0.213. The number of nitrogen functional groups attached to an aromatic ring is 1. The molecule has 3 aromatic carbocycles. The maximum Gasteiger partial charge on any atom is 0.0780 e. The van der Waals surface area contributed by atoms with E-state index in [1.807, 2.05) is 0 Å². The van der Waals surface area contributed by atoms with Crippen LogP contribution in [0.25, 0.3) is 11.1 Å². The standard InChI is InChI=1S/C26H27N3O/c27-21-12-20-15-30-16-25(19-8-4-7-18(11-19)17-5-2-1-3-6-17)29-24-9-10-28-14-23(24)22(13-21)26(20)29/h1-8,11-13,23-25,28H,9-10,14-16,27H2. The minimum Gasteiger partial charge on any atom is -0.399 e. The SMILES string of the molecule is Nc1cc2c3c(c1)C1CNCCC1N3C(c1cccc(-c3ccccc3)c1)COC2. The minimum absolute atomic E-state index is 0.213. The van der Waals surface area contributed by atoms with Crippen LogP contribution in [0.5, 0.6) is 0 Å². The van der Waals surface area contributed by atoms with Crippen molar-refractivity contribution in [1.82, 2.24) is 5.32 Å². The van der Waals surface area contributed by atoms with Crippen molar-refractivity contribution in [3.63, 3.8) is 0 Å². The molecule has 4 nitrogen and oxygen atoms in total. The molecule has 4 heteroatoms. The lowest BCUT2D eigenvalue weighted by Gasteiger charge is -2.39. The third-order valence-corrected chi connectivity index (χ3v) is 6.95. The lowest BCUT2D eigenvalue weighted by atomic mass is 9.89. The Hall–Kier alpha value is -2.82. The predicted octanol–water partition coefficient (Wildman–Crippen LogP) is 4.47. The topological polar surface area (TPSA) is 50.5 Å². The van der Waals surface area contributed by atoms with E-state index in [4.69, 9.17) is 10.5 Å². The van der Waals surface area contributed by atoms with E-state index in [1.54, 1.807) is 0 Å². The van der Waals surface area contributed by atoms with Gasteiger partial charge in [-0.15, -0.1) is 0 Å². The number of fused-ring (bicyclic) bond motifs is 3. The molecule has 3 aliphatic heterocycles. The number of nitrogens with zero attached hydrogens (tertiary/aromatic N) is 1. The zero-order valence-corrected chi connectivity index (χ0v) is 17.1. The second-order valence-electron chi connectivity index (χ2n) is 8.71. The fraction of sp³-hybridized carbons (Fsp3) is 0.308. The van der Waals surface area contributed by atoms with Gasteiger partial charge in [-0.1, -0.05) is 48.5 Å². The summed E-state index contributed by atoms with van der Waals surface area (Å²) >= 11 is 0. The number of ether oxygens (including phenoxy) is 1. The first kappa shape index (κ1) is 18.0. The van der Waals surface area contributed by atoms with Gasteiger partial charge in [0.25, 0.3) is 0 Å². The quantitative estimate of drug-likeness (QED) is 0.627. The molecule has 3 unspecified atom stereocenters. The monoisotopic (exact) mass is 397 g/mol. The fourth-order valence-electron chi connectivity index (χ4n) is 5.67. The molecule has 1 fully saturated rings. The van der Waals surface area contributed by atoms with Crippen molar-refractivity contribution in [1.29, 1.82) is 0 Å². The Labute approximate surface area is 177 Å². The zero-order chi connectivity index (χ0) is 20.1. The van der Waals surface area contributed by atoms with Crippen molar-refractivity contribution in [3.8, 4) is 11.1 Å². The molecule has 3 atom stereocenters. The largest absolute Gasteiger partial charge is 0.399 e. The molecule has 0 spiro atoms. The molecule has 0 amide bonds. The maximum absolute atomic E-state index is 6.29. The Morgan fingerprint density at radius 2 is 1.83 bits per heavy atom. The Balaban J connectivity index is 1.47.